The summed E-state index contributed by atoms with van der Waals surface area (Å²) >= 11 is 0. The van der Waals surface area contributed by atoms with Gasteiger partial charge in [-0.25, -0.2) is 0 Å². The van der Waals surface area contributed by atoms with Gasteiger partial charge in [0, 0.05) is 25.7 Å². The molecule has 1 aromatic rings. The summed E-state index contributed by atoms with van der Waals surface area (Å²) in [7, 11) is -3.26. The molecule has 3 rings (SSSR count). The van der Waals surface area contributed by atoms with Crippen molar-refractivity contribution in [2.45, 2.75) is 44.6 Å². The van der Waals surface area contributed by atoms with Gasteiger partial charge in [0.15, 0.2) is 0 Å². The molecule has 2 aliphatic rings. The molecule has 0 spiro atoms. The molecular weight excluding hydrogens is 284 g/mol. The summed E-state index contributed by atoms with van der Waals surface area (Å²) in [5.74, 6) is 0. The molecule has 0 radical (unpaired) electrons. The lowest BCUT2D eigenvalue weighted by atomic mass is 10.1. The molecule has 1 atom stereocenters. The Morgan fingerprint density at radius 2 is 1.67 bits per heavy atom. The number of hydrogen-bond donors (Lipinski definition) is 0. The van der Waals surface area contributed by atoms with Crippen LogP contribution < -0.4 is 0 Å². The first-order chi connectivity index (χ1) is 10.2. The molecule has 1 aromatic carbocycles. The molecule has 0 amide bonds. The zero-order valence-electron chi connectivity index (χ0n) is 12.4. The van der Waals surface area contributed by atoms with E-state index in [9.17, 15) is 8.42 Å². The van der Waals surface area contributed by atoms with E-state index in [0.717, 1.165) is 38.5 Å². The van der Waals surface area contributed by atoms with Gasteiger partial charge in [0.1, 0.15) is 0 Å². The first-order valence-corrected chi connectivity index (χ1v) is 9.38. The lowest BCUT2D eigenvalue weighted by Crippen LogP contribution is -2.48. The highest BCUT2D eigenvalue weighted by Gasteiger charge is 2.38. The van der Waals surface area contributed by atoms with Crippen LogP contribution in [0.5, 0.6) is 0 Å². The second kappa shape index (κ2) is 6.46. The van der Waals surface area contributed by atoms with Crippen molar-refractivity contribution in [2.24, 2.45) is 0 Å². The lowest BCUT2D eigenvalue weighted by molar-refractivity contribution is 0.294. The molecule has 1 unspecified atom stereocenters. The fraction of sp³-hybridized carbons (Fsp3) is 0.625. The summed E-state index contributed by atoms with van der Waals surface area (Å²) in [5.41, 5.74) is 1.23. The van der Waals surface area contributed by atoms with Gasteiger partial charge in [-0.15, -0.1) is 0 Å². The largest absolute Gasteiger partial charge is 0.282 e. The molecule has 2 saturated heterocycles. The SMILES string of the molecule is O=S(=O)(N1CCCCC1)N1CCCC1Cc1ccccc1. The fourth-order valence-electron chi connectivity index (χ4n) is 3.45. The Hall–Kier alpha value is -0.910. The summed E-state index contributed by atoms with van der Waals surface area (Å²) in [6.45, 7) is 2.06. The van der Waals surface area contributed by atoms with Crippen LogP contribution in [0.1, 0.15) is 37.7 Å². The second-order valence-electron chi connectivity index (χ2n) is 6.06. The molecular formula is C16H24N2O2S. The Balaban J connectivity index is 1.73. The average Bonchev–Trinajstić information content (AvgIpc) is 2.98. The molecule has 4 nitrogen and oxygen atoms in total. The van der Waals surface area contributed by atoms with Crippen molar-refractivity contribution < 1.29 is 8.42 Å². The van der Waals surface area contributed by atoms with Crippen molar-refractivity contribution in [1.29, 1.82) is 0 Å². The number of benzene rings is 1. The smallest absolute Gasteiger partial charge is 0.195 e. The van der Waals surface area contributed by atoms with Crippen LogP contribution in [0.2, 0.25) is 0 Å². The molecule has 116 valence electrons. The van der Waals surface area contributed by atoms with Gasteiger partial charge in [-0.2, -0.15) is 17.0 Å². The van der Waals surface area contributed by atoms with E-state index in [1.807, 2.05) is 18.2 Å². The van der Waals surface area contributed by atoms with Gasteiger partial charge in [-0.05, 0) is 37.7 Å². The summed E-state index contributed by atoms with van der Waals surface area (Å²) in [5, 5.41) is 0. The van der Waals surface area contributed by atoms with Crippen molar-refractivity contribution in [1.82, 2.24) is 8.61 Å². The third-order valence-electron chi connectivity index (χ3n) is 4.57. The van der Waals surface area contributed by atoms with Gasteiger partial charge in [0.25, 0.3) is 10.2 Å². The molecule has 21 heavy (non-hydrogen) atoms. The molecule has 0 aromatic heterocycles. The van der Waals surface area contributed by atoms with Crippen molar-refractivity contribution in [3.05, 3.63) is 35.9 Å². The molecule has 0 N–H and O–H groups in total. The van der Waals surface area contributed by atoms with Crippen molar-refractivity contribution in [2.75, 3.05) is 19.6 Å². The van der Waals surface area contributed by atoms with E-state index in [1.165, 1.54) is 5.56 Å². The van der Waals surface area contributed by atoms with Crippen LogP contribution in [0.25, 0.3) is 0 Å². The molecule has 0 aliphatic carbocycles. The molecule has 2 aliphatic heterocycles. The maximum absolute atomic E-state index is 12.8. The van der Waals surface area contributed by atoms with Crippen molar-refractivity contribution >= 4 is 10.2 Å². The lowest BCUT2D eigenvalue weighted by Gasteiger charge is -2.33. The Bertz CT molecular complexity index is 553. The van der Waals surface area contributed by atoms with Gasteiger partial charge in [0.05, 0.1) is 0 Å². The first kappa shape index (κ1) is 15.0. The highest BCUT2D eigenvalue weighted by atomic mass is 32.2. The third-order valence-corrected chi connectivity index (χ3v) is 6.67. The summed E-state index contributed by atoms with van der Waals surface area (Å²) < 4.78 is 29.1. The first-order valence-electron chi connectivity index (χ1n) is 7.99. The van der Waals surface area contributed by atoms with Crippen LogP contribution in [0.15, 0.2) is 30.3 Å². The maximum Gasteiger partial charge on any atom is 0.282 e. The van der Waals surface area contributed by atoms with Crippen LogP contribution in [0, 0.1) is 0 Å². The Labute approximate surface area is 127 Å². The Morgan fingerprint density at radius 3 is 2.38 bits per heavy atom. The number of piperidine rings is 1. The van der Waals surface area contributed by atoms with Crippen LogP contribution in [-0.2, 0) is 16.6 Å². The maximum atomic E-state index is 12.8. The summed E-state index contributed by atoms with van der Waals surface area (Å²) in [4.78, 5) is 0. The van der Waals surface area contributed by atoms with E-state index in [4.69, 9.17) is 0 Å². The van der Waals surface area contributed by atoms with Crippen LogP contribution in [-0.4, -0.2) is 42.7 Å². The highest BCUT2D eigenvalue weighted by Crippen LogP contribution is 2.27. The normalized spacial score (nSPS) is 25.2. The fourth-order valence-corrected chi connectivity index (χ4v) is 5.38. The van der Waals surface area contributed by atoms with E-state index >= 15 is 0 Å². The Morgan fingerprint density at radius 1 is 0.952 bits per heavy atom. The van der Waals surface area contributed by atoms with Gasteiger partial charge in [-0.1, -0.05) is 36.8 Å². The van der Waals surface area contributed by atoms with Gasteiger partial charge >= 0.3 is 0 Å². The monoisotopic (exact) mass is 308 g/mol. The Kier molecular flexibility index (Phi) is 4.62. The summed E-state index contributed by atoms with van der Waals surface area (Å²) in [6, 6.07) is 10.3. The van der Waals surface area contributed by atoms with Crippen molar-refractivity contribution in [3.8, 4) is 0 Å². The van der Waals surface area contributed by atoms with Crippen LogP contribution in [0.4, 0.5) is 0 Å². The minimum absolute atomic E-state index is 0.124. The topological polar surface area (TPSA) is 40.6 Å². The predicted molar refractivity (Wildman–Crippen MR) is 84.2 cm³/mol. The minimum atomic E-state index is -3.26. The average molecular weight is 308 g/mol. The second-order valence-corrected chi connectivity index (χ2v) is 7.95. The third kappa shape index (κ3) is 3.30. The summed E-state index contributed by atoms with van der Waals surface area (Å²) in [6.07, 6.45) is 5.92. The van der Waals surface area contributed by atoms with E-state index < -0.39 is 10.2 Å². The molecule has 0 bridgehead atoms. The quantitative estimate of drug-likeness (QED) is 0.857. The van der Waals surface area contributed by atoms with E-state index in [2.05, 4.69) is 12.1 Å². The highest BCUT2D eigenvalue weighted by molar-refractivity contribution is 7.86. The van der Waals surface area contributed by atoms with Gasteiger partial charge < -0.3 is 0 Å². The van der Waals surface area contributed by atoms with E-state index in [-0.39, 0.29) is 6.04 Å². The van der Waals surface area contributed by atoms with E-state index in [1.54, 1.807) is 8.61 Å². The number of rotatable bonds is 4. The minimum Gasteiger partial charge on any atom is -0.195 e. The number of nitrogens with zero attached hydrogens (tertiary/aromatic N) is 2. The zero-order valence-corrected chi connectivity index (χ0v) is 13.3. The predicted octanol–water partition coefficient (Wildman–Crippen LogP) is 2.42. The van der Waals surface area contributed by atoms with Crippen LogP contribution in [0.3, 0.4) is 0 Å². The molecule has 2 heterocycles. The molecule has 0 saturated carbocycles. The van der Waals surface area contributed by atoms with Gasteiger partial charge in [0.2, 0.25) is 0 Å². The van der Waals surface area contributed by atoms with Gasteiger partial charge in [-0.3, -0.25) is 0 Å². The van der Waals surface area contributed by atoms with E-state index in [0.29, 0.717) is 19.6 Å². The zero-order chi connectivity index (χ0) is 14.7. The molecule has 2 fully saturated rings. The standard InChI is InChI=1S/C16H24N2O2S/c19-21(20,17-11-5-2-6-12-17)18-13-7-10-16(18)14-15-8-3-1-4-9-15/h1,3-4,8-9,16H,2,5-7,10-14H2. The molecule has 5 heteroatoms. The van der Waals surface area contributed by atoms with Crippen LogP contribution >= 0.6 is 0 Å². The number of hydrogen-bond acceptors (Lipinski definition) is 2. The van der Waals surface area contributed by atoms with Crippen molar-refractivity contribution in [3.63, 3.8) is 0 Å².